The molecule has 1 aliphatic rings. The Morgan fingerprint density at radius 2 is 2.11 bits per heavy atom. The highest BCUT2D eigenvalue weighted by molar-refractivity contribution is 6.42. The van der Waals surface area contributed by atoms with E-state index in [4.69, 9.17) is 28.9 Å². The number of rotatable bonds is 4. The van der Waals surface area contributed by atoms with Gasteiger partial charge in [0.05, 0.1) is 10.0 Å². The molecular weight excluding hydrogens is 279 g/mol. The molecule has 1 aliphatic heterocycles. The highest BCUT2D eigenvalue weighted by Gasteiger charge is 2.31. The van der Waals surface area contributed by atoms with E-state index in [2.05, 4.69) is 17.9 Å². The number of nitrogens with two attached hydrogens (primary N) is 1. The Morgan fingerprint density at radius 3 is 2.74 bits per heavy atom. The quantitative estimate of drug-likeness (QED) is 0.906. The summed E-state index contributed by atoms with van der Waals surface area (Å²) in [6, 6.07) is 6.38. The van der Waals surface area contributed by atoms with Crippen molar-refractivity contribution in [1.82, 2.24) is 4.90 Å². The maximum Gasteiger partial charge on any atom is 0.0595 e. The van der Waals surface area contributed by atoms with Gasteiger partial charge in [0.15, 0.2) is 0 Å². The molecule has 0 bridgehead atoms. The summed E-state index contributed by atoms with van der Waals surface area (Å²) in [7, 11) is 0. The number of benzene rings is 1. The van der Waals surface area contributed by atoms with Crippen LogP contribution in [0.4, 0.5) is 0 Å². The summed E-state index contributed by atoms with van der Waals surface area (Å²) in [6.45, 7) is 5.21. The standard InChI is InChI=1S/C15H22Cl2N2/c1-2-7-19-8-3-4-12(10-18)15(19)11-5-6-13(16)14(17)9-11/h5-6,9,12,15H,2-4,7-8,10,18H2,1H3. The lowest BCUT2D eigenvalue weighted by Gasteiger charge is -2.41. The predicted molar refractivity (Wildman–Crippen MR) is 82.8 cm³/mol. The van der Waals surface area contributed by atoms with Crippen LogP contribution in [0.3, 0.4) is 0 Å². The molecule has 2 atom stereocenters. The second-order valence-corrected chi connectivity index (χ2v) is 6.11. The van der Waals surface area contributed by atoms with E-state index < -0.39 is 0 Å². The molecule has 2 unspecified atom stereocenters. The number of hydrogen-bond acceptors (Lipinski definition) is 2. The van der Waals surface area contributed by atoms with Gasteiger partial charge in [0, 0.05) is 6.04 Å². The molecule has 1 aromatic carbocycles. The first-order valence-corrected chi connectivity index (χ1v) is 7.82. The van der Waals surface area contributed by atoms with Gasteiger partial charge in [-0.2, -0.15) is 0 Å². The third kappa shape index (κ3) is 3.43. The normalized spacial score (nSPS) is 24.6. The summed E-state index contributed by atoms with van der Waals surface area (Å²) >= 11 is 12.2. The van der Waals surface area contributed by atoms with Crippen LogP contribution in [0.25, 0.3) is 0 Å². The predicted octanol–water partition coefficient (Wildman–Crippen LogP) is 4.12. The molecule has 0 radical (unpaired) electrons. The van der Waals surface area contributed by atoms with Gasteiger partial charge in [0.1, 0.15) is 0 Å². The first kappa shape index (κ1) is 15.1. The van der Waals surface area contributed by atoms with Gasteiger partial charge in [-0.25, -0.2) is 0 Å². The van der Waals surface area contributed by atoms with Gasteiger partial charge < -0.3 is 5.73 Å². The lowest BCUT2D eigenvalue weighted by molar-refractivity contribution is 0.0960. The van der Waals surface area contributed by atoms with Gasteiger partial charge >= 0.3 is 0 Å². The van der Waals surface area contributed by atoms with Crippen LogP contribution in [0.15, 0.2) is 18.2 Å². The first-order chi connectivity index (χ1) is 9.17. The lowest BCUT2D eigenvalue weighted by Crippen LogP contribution is -2.41. The van der Waals surface area contributed by atoms with Crippen LogP contribution in [0, 0.1) is 5.92 Å². The summed E-state index contributed by atoms with van der Waals surface area (Å²) in [6.07, 6.45) is 3.59. The topological polar surface area (TPSA) is 29.3 Å². The van der Waals surface area contributed by atoms with Crippen molar-refractivity contribution in [3.05, 3.63) is 33.8 Å². The molecule has 19 heavy (non-hydrogen) atoms. The molecule has 106 valence electrons. The van der Waals surface area contributed by atoms with Crippen LogP contribution in [0.5, 0.6) is 0 Å². The molecule has 0 aromatic heterocycles. The maximum atomic E-state index is 6.17. The molecule has 0 saturated carbocycles. The van der Waals surface area contributed by atoms with Crippen molar-refractivity contribution in [3.8, 4) is 0 Å². The number of nitrogens with zero attached hydrogens (tertiary/aromatic N) is 1. The fourth-order valence-electron chi connectivity index (χ4n) is 3.12. The minimum Gasteiger partial charge on any atom is -0.330 e. The molecular formula is C15H22Cl2N2. The molecule has 1 heterocycles. The van der Waals surface area contributed by atoms with E-state index in [-0.39, 0.29) is 0 Å². The summed E-state index contributed by atoms with van der Waals surface area (Å²) in [5.41, 5.74) is 7.22. The van der Waals surface area contributed by atoms with E-state index in [0.29, 0.717) is 22.0 Å². The fourth-order valence-corrected chi connectivity index (χ4v) is 3.42. The third-order valence-corrected chi connectivity index (χ3v) is 4.70. The first-order valence-electron chi connectivity index (χ1n) is 7.06. The van der Waals surface area contributed by atoms with E-state index in [1.165, 1.54) is 18.4 Å². The van der Waals surface area contributed by atoms with Crippen LogP contribution >= 0.6 is 23.2 Å². The number of hydrogen-bond donors (Lipinski definition) is 1. The van der Waals surface area contributed by atoms with E-state index >= 15 is 0 Å². The zero-order valence-electron chi connectivity index (χ0n) is 11.4. The van der Waals surface area contributed by atoms with Gasteiger partial charge in [0.2, 0.25) is 0 Å². The zero-order valence-corrected chi connectivity index (χ0v) is 12.9. The van der Waals surface area contributed by atoms with Crippen molar-refractivity contribution in [2.75, 3.05) is 19.6 Å². The second kappa shape index (κ2) is 6.94. The zero-order chi connectivity index (χ0) is 13.8. The summed E-state index contributed by atoms with van der Waals surface area (Å²) in [5.74, 6) is 0.512. The molecule has 2 nitrogen and oxygen atoms in total. The highest BCUT2D eigenvalue weighted by atomic mass is 35.5. The molecule has 0 aliphatic carbocycles. The Labute approximate surface area is 125 Å². The maximum absolute atomic E-state index is 6.17. The molecule has 0 amide bonds. The minimum atomic E-state index is 0.383. The van der Waals surface area contributed by atoms with Crippen LogP contribution in [0.2, 0.25) is 10.0 Å². The Balaban J connectivity index is 2.30. The van der Waals surface area contributed by atoms with Crippen molar-refractivity contribution in [2.45, 2.75) is 32.2 Å². The molecule has 2 rings (SSSR count). The van der Waals surface area contributed by atoms with Gasteiger partial charge in [-0.3, -0.25) is 4.90 Å². The van der Waals surface area contributed by atoms with Crippen molar-refractivity contribution < 1.29 is 0 Å². The summed E-state index contributed by atoms with van der Waals surface area (Å²) in [5, 5.41) is 1.25. The SMILES string of the molecule is CCCN1CCCC(CN)C1c1ccc(Cl)c(Cl)c1. The fraction of sp³-hybridized carbons (Fsp3) is 0.600. The van der Waals surface area contributed by atoms with E-state index in [1.807, 2.05) is 12.1 Å². The van der Waals surface area contributed by atoms with Crippen LogP contribution in [-0.4, -0.2) is 24.5 Å². The molecule has 4 heteroatoms. The minimum absolute atomic E-state index is 0.383. The van der Waals surface area contributed by atoms with Crippen LogP contribution in [-0.2, 0) is 0 Å². The number of halogens is 2. The van der Waals surface area contributed by atoms with Crippen molar-refractivity contribution >= 4 is 23.2 Å². The van der Waals surface area contributed by atoms with Gasteiger partial charge in [-0.15, -0.1) is 0 Å². The van der Waals surface area contributed by atoms with Crippen molar-refractivity contribution in [3.63, 3.8) is 0 Å². The summed E-state index contributed by atoms with van der Waals surface area (Å²) < 4.78 is 0. The molecule has 0 spiro atoms. The van der Waals surface area contributed by atoms with Crippen molar-refractivity contribution in [1.29, 1.82) is 0 Å². The van der Waals surface area contributed by atoms with Crippen molar-refractivity contribution in [2.24, 2.45) is 11.7 Å². The summed E-state index contributed by atoms with van der Waals surface area (Å²) in [4.78, 5) is 2.54. The Morgan fingerprint density at radius 1 is 1.32 bits per heavy atom. The van der Waals surface area contributed by atoms with Gasteiger partial charge in [-0.05, 0) is 62.5 Å². The average molecular weight is 301 g/mol. The van der Waals surface area contributed by atoms with Crippen LogP contribution < -0.4 is 5.73 Å². The largest absolute Gasteiger partial charge is 0.330 e. The third-order valence-electron chi connectivity index (χ3n) is 3.96. The lowest BCUT2D eigenvalue weighted by atomic mass is 9.84. The second-order valence-electron chi connectivity index (χ2n) is 5.29. The smallest absolute Gasteiger partial charge is 0.0595 e. The Bertz CT molecular complexity index is 421. The van der Waals surface area contributed by atoms with Gasteiger partial charge in [-0.1, -0.05) is 36.2 Å². The Hall–Kier alpha value is -0.280. The highest BCUT2D eigenvalue weighted by Crippen LogP contribution is 2.37. The molecule has 1 saturated heterocycles. The van der Waals surface area contributed by atoms with Crippen LogP contribution in [0.1, 0.15) is 37.8 Å². The molecule has 2 N–H and O–H groups in total. The van der Waals surface area contributed by atoms with E-state index in [9.17, 15) is 0 Å². The average Bonchev–Trinajstić information content (AvgIpc) is 2.42. The van der Waals surface area contributed by atoms with E-state index in [1.54, 1.807) is 0 Å². The monoisotopic (exact) mass is 300 g/mol. The molecule has 1 fully saturated rings. The number of likely N-dealkylation sites (tertiary alicyclic amines) is 1. The van der Waals surface area contributed by atoms with Gasteiger partial charge in [0.25, 0.3) is 0 Å². The Kier molecular flexibility index (Phi) is 5.52. The van der Waals surface area contributed by atoms with E-state index in [0.717, 1.165) is 26.1 Å². The number of piperidine rings is 1. The molecule has 1 aromatic rings.